The predicted molar refractivity (Wildman–Crippen MR) is 109 cm³/mol. The van der Waals surface area contributed by atoms with Gasteiger partial charge in [0.15, 0.2) is 0 Å². The first-order valence-corrected chi connectivity index (χ1v) is 9.92. The maximum Gasteiger partial charge on any atom is 0.269 e. The summed E-state index contributed by atoms with van der Waals surface area (Å²) in [7, 11) is 0. The summed E-state index contributed by atoms with van der Waals surface area (Å²) in [6.07, 6.45) is 2.68. The van der Waals surface area contributed by atoms with Gasteiger partial charge in [-0.2, -0.15) is 0 Å². The molecular weight excluding hydrogens is 376 g/mol. The van der Waals surface area contributed by atoms with E-state index in [2.05, 4.69) is 6.92 Å². The van der Waals surface area contributed by atoms with Gasteiger partial charge in [-0.05, 0) is 36.2 Å². The zero-order chi connectivity index (χ0) is 20.1. The largest absolute Gasteiger partial charge is 0.274 e. The maximum absolute atomic E-state index is 13.0. The van der Waals surface area contributed by atoms with E-state index in [9.17, 15) is 19.7 Å². The van der Waals surface area contributed by atoms with Gasteiger partial charge in [0.05, 0.1) is 15.4 Å². The van der Waals surface area contributed by atoms with E-state index in [1.807, 2.05) is 30.3 Å². The molecule has 2 aromatic rings. The highest BCUT2D eigenvalue weighted by atomic mass is 32.2. The number of non-ortho nitro benzene ring substituents is 1. The molecule has 1 aliphatic rings. The summed E-state index contributed by atoms with van der Waals surface area (Å²) in [5.41, 5.74) is 0.767. The zero-order valence-electron chi connectivity index (χ0n) is 15.5. The average Bonchev–Trinajstić information content (AvgIpc) is 2.93. The molecule has 0 atom stereocenters. The van der Waals surface area contributed by atoms with Crippen molar-refractivity contribution in [3.8, 4) is 0 Å². The number of imide groups is 1. The van der Waals surface area contributed by atoms with Crippen LogP contribution in [0.25, 0.3) is 5.57 Å². The number of hydrogen-bond acceptors (Lipinski definition) is 5. The van der Waals surface area contributed by atoms with E-state index in [0.29, 0.717) is 22.6 Å². The number of nitro benzene ring substituents is 1. The third kappa shape index (κ3) is 4.14. The van der Waals surface area contributed by atoms with Gasteiger partial charge in [0, 0.05) is 23.6 Å². The molecule has 28 heavy (non-hydrogen) atoms. The van der Waals surface area contributed by atoms with E-state index in [1.165, 1.54) is 40.9 Å². The van der Waals surface area contributed by atoms with Gasteiger partial charge in [0.2, 0.25) is 0 Å². The first-order valence-electron chi connectivity index (χ1n) is 9.11. The molecule has 0 aromatic heterocycles. The molecule has 6 nitrogen and oxygen atoms in total. The number of benzene rings is 2. The number of thioether (sulfide) groups is 1. The van der Waals surface area contributed by atoms with Crippen LogP contribution in [0.2, 0.25) is 0 Å². The number of amides is 2. The lowest BCUT2D eigenvalue weighted by Gasteiger charge is -2.14. The highest BCUT2D eigenvalue weighted by Crippen LogP contribution is 2.40. The zero-order valence-corrected chi connectivity index (χ0v) is 16.3. The van der Waals surface area contributed by atoms with Crippen molar-refractivity contribution >= 4 is 34.8 Å². The lowest BCUT2D eigenvalue weighted by molar-refractivity contribution is -0.384. The Labute approximate surface area is 167 Å². The normalized spacial score (nSPS) is 14.1. The van der Waals surface area contributed by atoms with E-state index in [0.717, 1.165) is 24.2 Å². The molecule has 0 saturated heterocycles. The number of carbonyl (C=O) groups is 2. The molecular formula is C21H20N2O4S. The van der Waals surface area contributed by atoms with Gasteiger partial charge in [0.25, 0.3) is 17.5 Å². The molecule has 0 radical (unpaired) electrons. The maximum atomic E-state index is 13.0. The molecule has 0 N–H and O–H groups in total. The number of rotatable bonds is 8. The van der Waals surface area contributed by atoms with Crippen LogP contribution in [0.4, 0.5) is 5.69 Å². The molecule has 0 spiro atoms. The van der Waals surface area contributed by atoms with Gasteiger partial charge in [-0.3, -0.25) is 24.6 Å². The average molecular weight is 396 g/mol. The van der Waals surface area contributed by atoms with E-state index in [4.69, 9.17) is 0 Å². The second kappa shape index (κ2) is 8.84. The van der Waals surface area contributed by atoms with Gasteiger partial charge in [0.1, 0.15) is 0 Å². The standard InChI is InChI=1S/C21H20N2O4S/c1-2-3-7-14-22-20(24)18(15-10-12-16(13-11-15)23(26)27)19(21(22)25)28-17-8-5-4-6-9-17/h4-6,8-13H,2-3,7,14H2,1H3. The number of carbonyl (C=O) groups excluding carboxylic acids is 2. The van der Waals surface area contributed by atoms with E-state index in [-0.39, 0.29) is 17.5 Å². The minimum Gasteiger partial charge on any atom is -0.274 e. The van der Waals surface area contributed by atoms with E-state index >= 15 is 0 Å². The molecule has 3 rings (SSSR count). The Balaban J connectivity index is 1.98. The molecule has 0 saturated carbocycles. The van der Waals surface area contributed by atoms with Crippen LogP contribution in [0.1, 0.15) is 31.7 Å². The van der Waals surface area contributed by atoms with E-state index < -0.39 is 4.92 Å². The van der Waals surface area contributed by atoms with Crippen molar-refractivity contribution in [1.29, 1.82) is 0 Å². The fourth-order valence-electron chi connectivity index (χ4n) is 2.98. The van der Waals surface area contributed by atoms with Crippen molar-refractivity contribution in [2.45, 2.75) is 31.1 Å². The second-order valence-electron chi connectivity index (χ2n) is 6.39. The van der Waals surface area contributed by atoms with Crippen LogP contribution >= 0.6 is 11.8 Å². The Bertz CT molecular complexity index is 923. The van der Waals surface area contributed by atoms with Crippen LogP contribution in [0.3, 0.4) is 0 Å². The third-order valence-corrected chi connectivity index (χ3v) is 5.53. The second-order valence-corrected chi connectivity index (χ2v) is 7.48. The molecule has 0 fully saturated rings. The van der Waals surface area contributed by atoms with Crippen LogP contribution in [-0.2, 0) is 9.59 Å². The smallest absolute Gasteiger partial charge is 0.269 e. The summed E-state index contributed by atoms with van der Waals surface area (Å²) in [6.45, 7) is 2.44. The summed E-state index contributed by atoms with van der Waals surface area (Å²) < 4.78 is 0. The molecule has 0 aliphatic carbocycles. The molecule has 7 heteroatoms. The lowest BCUT2D eigenvalue weighted by atomic mass is 10.1. The highest BCUT2D eigenvalue weighted by Gasteiger charge is 2.39. The summed E-state index contributed by atoms with van der Waals surface area (Å²) >= 11 is 1.25. The Kier molecular flexibility index (Phi) is 6.26. The summed E-state index contributed by atoms with van der Waals surface area (Å²) in [6, 6.07) is 15.1. The molecule has 2 aromatic carbocycles. The topological polar surface area (TPSA) is 80.5 Å². The van der Waals surface area contributed by atoms with E-state index in [1.54, 1.807) is 0 Å². The molecule has 1 heterocycles. The van der Waals surface area contributed by atoms with Crippen molar-refractivity contribution < 1.29 is 14.5 Å². The van der Waals surface area contributed by atoms with Gasteiger partial charge in [-0.15, -0.1) is 0 Å². The van der Waals surface area contributed by atoms with Crippen LogP contribution in [0, 0.1) is 10.1 Å². The number of nitrogens with zero attached hydrogens (tertiary/aromatic N) is 2. The van der Waals surface area contributed by atoms with Crippen LogP contribution in [-0.4, -0.2) is 28.2 Å². The quantitative estimate of drug-likeness (QED) is 0.281. The van der Waals surface area contributed by atoms with Crippen molar-refractivity contribution in [2.24, 2.45) is 0 Å². The Hall–Kier alpha value is -2.93. The number of unbranched alkanes of at least 4 members (excludes halogenated alkanes) is 2. The lowest BCUT2D eigenvalue weighted by Crippen LogP contribution is -2.32. The van der Waals surface area contributed by atoms with Crippen molar-refractivity contribution in [3.05, 3.63) is 75.2 Å². The molecule has 0 bridgehead atoms. The summed E-state index contributed by atoms with van der Waals surface area (Å²) in [5.74, 6) is -0.642. The Morgan fingerprint density at radius 3 is 2.25 bits per heavy atom. The Morgan fingerprint density at radius 1 is 0.964 bits per heavy atom. The van der Waals surface area contributed by atoms with Gasteiger partial charge in [-0.25, -0.2) is 0 Å². The third-order valence-electron chi connectivity index (χ3n) is 4.44. The van der Waals surface area contributed by atoms with Crippen molar-refractivity contribution in [1.82, 2.24) is 4.90 Å². The predicted octanol–water partition coefficient (Wildman–Crippen LogP) is 4.66. The fourth-order valence-corrected chi connectivity index (χ4v) is 4.02. The highest BCUT2D eigenvalue weighted by molar-refractivity contribution is 8.04. The minimum atomic E-state index is -0.490. The van der Waals surface area contributed by atoms with Crippen LogP contribution in [0.5, 0.6) is 0 Å². The van der Waals surface area contributed by atoms with Crippen molar-refractivity contribution in [2.75, 3.05) is 6.54 Å². The number of nitro groups is 1. The monoisotopic (exact) mass is 396 g/mol. The molecule has 0 unspecified atom stereocenters. The summed E-state index contributed by atoms with van der Waals surface area (Å²) in [4.78, 5) is 39.0. The van der Waals surface area contributed by atoms with Crippen LogP contribution in [0.15, 0.2) is 64.4 Å². The first-order chi connectivity index (χ1) is 13.5. The number of hydrogen-bond donors (Lipinski definition) is 0. The fraction of sp³-hybridized carbons (Fsp3) is 0.238. The summed E-state index contributed by atoms with van der Waals surface area (Å²) in [5, 5.41) is 10.9. The van der Waals surface area contributed by atoms with Gasteiger partial charge in [-0.1, -0.05) is 49.7 Å². The van der Waals surface area contributed by atoms with Crippen molar-refractivity contribution in [3.63, 3.8) is 0 Å². The molecule has 144 valence electrons. The van der Waals surface area contributed by atoms with Gasteiger partial charge < -0.3 is 0 Å². The molecule has 1 aliphatic heterocycles. The van der Waals surface area contributed by atoms with Crippen LogP contribution < -0.4 is 0 Å². The van der Waals surface area contributed by atoms with Gasteiger partial charge >= 0.3 is 0 Å². The first kappa shape index (κ1) is 19.8. The minimum absolute atomic E-state index is 0.0572. The SMILES string of the molecule is CCCCCN1C(=O)C(Sc2ccccc2)=C(c2ccc([N+](=O)[O-])cc2)C1=O. The Morgan fingerprint density at radius 2 is 1.64 bits per heavy atom. The molecule has 2 amide bonds.